The van der Waals surface area contributed by atoms with Crippen LogP contribution in [0.4, 0.5) is 0 Å². The van der Waals surface area contributed by atoms with Crippen molar-refractivity contribution < 1.29 is 9.59 Å². The van der Waals surface area contributed by atoms with Crippen LogP contribution in [0.3, 0.4) is 0 Å². The number of hydrogen-bond acceptors (Lipinski definition) is 2. The highest BCUT2D eigenvalue weighted by Gasteiger charge is 2.14. The summed E-state index contributed by atoms with van der Waals surface area (Å²) in [5.41, 5.74) is 3.75. The maximum atomic E-state index is 12.0. The monoisotopic (exact) mass is 458 g/mol. The van der Waals surface area contributed by atoms with E-state index >= 15 is 0 Å². The molecule has 0 spiro atoms. The predicted molar refractivity (Wildman–Crippen MR) is 109 cm³/mol. The molecule has 0 aliphatic rings. The Balaban J connectivity index is 2.18. The topological polar surface area (TPSA) is 34.1 Å². The summed E-state index contributed by atoms with van der Waals surface area (Å²) in [6.45, 7) is 1.86. The van der Waals surface area contributed by atoms with Gasteiger partial charge in [0.1, 0.15) is 6.29 Å². The second kappa shape index (κ2) is 7.63. The Bertz CT molecular complexity index is 963. The number of rotatable bonds is 5. The van der Waals surface area contributed by atoms with Gasteiger partial charge in [-0.25, -0.2) is 0 Å². The molecule has 3 aromatic carbocycles. The number of alkyl halides is 1. The van der Waals surface area contributed by atoms with E-state index in [0.29, 0.717) is 12.0 Å². The molecule has 126 valence electrons. The van der Waals surface area contributed by atoms with E-state index in [9.17, 15) is 9.59 Å². The van der Waals surface area contributed by atoms with Gasteiger partial charge in [-0.2, -0.15) is 0 Å². The molecule has 0 bridgehead atoms. The van der Waals surface area contributed by atoms with Crippen LogP contribution in [0.15, 0.2) is 59.1 Å². The fourth-order valence-corrected chi connectivity index (χ4v) is 4.00. The fraction of sp³-hybridized carbons (Fsp3) is 0.143. The van der Waals surface area contributed by atoms with Gasteiger partial charge < -0.3 is 4.79 Å². The lowest BCUT2D eigenvalue weighted by Gasteiger charge is -2.13. The van der Waals surface area contributed by atoms with Crippen molar-refractivity contribution in [2.45, 2.75) is 18.2 Å². The summed E-state index contributed by atoms with van der Waals surface area (Å²) in [5, 5.41) is 2.12. The highest BCUT2D eigenvalue weighted by molar-refractivity contribution is 9.10. The van der Waals surface area contributed by atoms with Crippen LogP contribution < -0.4 is 0 Å². The van der Waals surface area contributed by atoms with Gasteiger partial charge >= 0.3 is 0 Å². The number of fused-ring (bicyclic) bond motifs is 1. The molecule has 3 rings (SSSR count). The zero-order valence-corrected chi connectivity index (χ0v) is 16.8. The van der Waals surface area contributed by atoms with Crippen LogP contribution in [0.1, 0.15) is 34.1 Å². The van der Waals surface area contributed by atoms with Crippen LogP contribution in [0.5, 0.6) is 0 Å². The Kier molecular flexibility index (Phi) is 5.50. The van der Waals surface area contributed by atoms with Crippen molar-refractivity contribution >= 4 is 54.7 Å². The number of halogens is 2. The van der Waals surface area contributed by atoms with E-state index in [0.717, 1.165) is 38.2 Å². The molecule has 0 aromatic heterocycles. The van der Waals surface area contributed by atoms with Crippen LogP contribution >= 0.6 is 31.9 Å². The van der Waals surface area contributed by atoms with Crippen molar-refractivity contribution in [3.8, 4) is 11.1 Å². The minimum atomic E-state index is -0.331. The molecular weight excluding hydrogens is 444 g/mol. The molecule has 0 saturated carbocycles. The Labute approximate surface area is 163 Å². The molecule has 0 fully saturated rings. The molecule has 0 N–H and O–H groups in total. The number of hydrogen-bond donors (Lipinski definition) is 0. The molecule has 0 aliphatic carbocycles. The van der Waals surface area contributed by atoms with Crippen LogP contribution in [0.2, 0.25) is 0 Å². The van der Waals surface area contributed by atoms with Gasteiger partial charge in [0.15, 0.2) is 5.78 Å². The van der Waals surface area contributed by atoms with Gasteiger partial charge in [-0.05, 0) is 39.6 Å². The second-order valence-electron chi connectivity index (χ2n) is 5.76. The third-order valence-corrected chi connectivity index (χ3v) is 5.64. The summed E-state index contributed by atoms with van der Waals surface area (Å²) in [5.74, 6) is 0.117. The van der Waals surface area contributed by atoms with E-state index in [-0.39, 0.29) is 10.6 Å². The van der Waals surface area contributed by atoms with Gasteiger partial charge in [0, 0.05) is 16.5 Å². The molecular formula is C21H16Br2O2. The highest BCUT2D eigenvalue weighted by Crippen LogP contribution is 2.35. The van der Waals surface area contributed by atoms with Gasteiger partial charge in [-0.15, -0.1) is 0 Å². The molecule has 0 aliphatic heterocycles. The first-order chi connectivity index (χ1) is 12.1. The summed E-state index contributed by atoms with van der Waals surface area (Å²) in [4.78, 5) is 22.8. The number of ketones is 1. The first kappa shape index (κ1) is 18.0. The number of aldehydes is 1. The first-order valence-corrected chi connectivity index (χ1v) is 9.71. The van der Waals surface area contributed by atoms with E-state index in [4.69, 9.17) is 0 Å². The summed E-state index contributed by atoms with van der Waals surface area (Å²) in [7, 11) is 0. The summed E-state index contributed by atoms with van der Waals surface area (Å²) in [6.07, 6.45) is 1.37. The molecule has 4 heteroatoms. The van der Waals surface area contributed by atoms with E-state index in [1.54, 1.807) is 0 Å². The van der Waals surface area contributed by atoms with Gasteiger partial charge in [-0.3, -0.25) is 4.79 Å². The van der Waals surface area contributed by atoms with Gasteiger partial charge in [0.2, 0.25) is 0 Å². The van der Waals surface area contributed by atoms with Gasteiger partial charge in [-0.1, -0.05) is 81.2 Å². The molecule has 0 heterocycles. The van der Waals surface area contributed by atoms with Crippen molar-refractivity contribution in [1.29, 1.82) is 0 Å². The second-order valence-corrected chi connectivity index (χ2v) is 7.60. The maximum absolute atomic E-state index is 12.0. The zero-order chi connectivity index (χ0) is 18.0. The van der Waals surface area contributed by atoms with Crippen molar-refractivity contribution in [3.05, 3.63) is 70.2 Å². The van der Waals surface area contributed by atoms with E-state index in [1.807, 2.05) is 49.4 Å². The van der Waals surface area contributed by atoms with E-state index in [1.165, 1.54) is 0 Å². The largest absolute Gasteiger partial charge is 0.302 e. The predicted octanol–water partition coefficient (Wildman–Crippen LogP) is 6.50. The molecule has 0 radical (unpaired) electrons. The van der Waals surface area contributed by atoms with E-state index in [2.05, 4.69) is 44.0 Å². The SMILES string of the molecule is CCC(=O)c1ccc(-c2cccc3c(C(Br)C=O)cccc23)cc1Br. The molecule has 0 amide bonds. The molecule has 0 saturated heterocycles. The van der Waals surface area contributed by atoms with Crippen LogP contribution in [-0.2, 0) is 4.79 Å². The lowest BCUT2D eigenvalue weighted by atomic mass is 9.94. The Hall–Kier alpha value is -1.78. The van der Waals surface area contributed by atoms with Crippen molar-refractivity contribution in [3.63, 3.8) is 0 Å². The molecule has 2 nitrogen and oxygen atoms in total. The van der Waals surface area contributed by atoms with Crippen molar-refractivity contribution in [2.24, 2.45) is 0 Å². The number of carbonyl (C=O) groups is 2. The van der Waals surface area contributed by atoms with Gasteiger partial charge in [0.25, 0.3) is 0 Å². The molecule has 1 unspecified atom stereocenters. The molecule has 25 heavy (non-hydrogen) atoms. The van der Waals surface area contributed by atoms with Crippen LogP contribution in [-0.4, -0.2) is 12.1 Å². The average molecular weight is 460 g/mol. The number of benzene rings is 3. The normalized spacial score (nSPS) is 12.1. The number of carbonyl (C=O) groups excluding carboxylic acids is 2. The van der Waals surface area contributed by atoms with Crippen LogP contribution in [0.25, 0.3) is 21.9 Å². The highest BCUT2D eigenvalue weighted by atomic mass is 79.9. The third-order valence-electron chi connectivity index (χ3n) is 4.27. The van der Waals surface area contributed by atoms with Crippen molar-refractivity contribution in [2.75, 3.05) is 0 Å². The smallest absolute Gasteiger partial charge is 0.163 e. The quantitative estimate of drug-likeness (QED) is 0.248. The Morgan fingerprint density at radius 2 is 1.80 bits per heavy atom. The number of Topliss-reactive ketones (excluding diaryl/α,β-unsaturated/α-hetero) is 1. The van der Waals surface area contributed by atoms with E-state index < -0.39 is 0 Å². The van der Waals surface area contributed by atoms with Crippen molar-refractivity contribution in [1.82, 2.24) is 0 Å². The lowest BCUT2D eigenvalue weighted by molar-refractivity contribution is -0.107. The fourth-order valence-electron chi connectivity index (χ4n) is 3.00. The molecule has 3 aromatic rings. The van der Waals surface area contributed by atoms with Crippen LogP contribution in [0, 0.1) is 0 Å². The minimum absolute atomic E-state index is 0.117. The Morgan fingerprint density at radius 3 is 2.48 bits per heavy atom. The summed E-state index contributed by atoms with van der Waals surface area (Å²) >= 11 is 6.94. The zero-order valence-electron chi connectivity index (χ0n) is 13.6. The summed E-state index contributed by atoms with van der Waals surface area (Å²) in [6, 6.07) is 17.9. The van der Waals surface area contributed by atoms with Gasteiger partial charge in [0.05, 0.1) is 4.83 Å². The molecule has 1 atom stereocenters. The summed E-state index contributed by atoms with van der Waals surface area (Å²) < 4.78 is 0.802. The first-order valence-electron chi connectivity index (χ1n) is 8.01. The third kappa shape index (κ3) is 3.46. The average Bonchev–Trinajstić information content (AvgIpc) is 2.65. The minimum Gasteiger partial charge on any atom is -0.302 e. The Morgan fingerprint density at radius 1 is 1.08 bits per heavy atom. The standard InChI is InChI=1S/C21H16Br2O2/c1-2-21(25)18-10-9-13(11-19(18)22)14-5-3-7-16-15(14)6-4-8-17(16)20(23)12-24/h3-12,20H,2H2,1H3. The lowest BCUT2D eigenvalue weighted by Crippen LogP contribution is -1.98. The maximum Gasteiger partial charge on any atom is 0.163 e.